The van der Waals surface area contributed by atoms with Crippen LogP contribution in [0.3, 0.4) is 0 Å². The van der Waals surface area contributed by atoms with E-state index in [1.165, 1.54) is 4.90 Å². The fourth-order valence-electron chi connectivity index (χ4n) is 1.65. The molecule has 1 aromatic rings. The quantitative estimate of drug-likeness (QED) is 0.759. The van der Waals surface area contributed by atoms with Gasteiger partial charge in [0.1, 0.15) is 5.75 Å². The summed E-state index contributed by atoms with van der Waals surface area (Å²) in [6, 6.07) is 7.28. The van der Waals surface area contributed by atoms with Crippen LogP contribution in [0, 0.1) is 0 Å². The van der Waals surface area contributed by atoms with E-state index in [0.29, 0.717) is 26.1 Å². The molecule has 0 unspecified atom stereocenters. The van der Waals surface area contributed by atoms with Crippen LogP contribution in [0.4, 0.5) is 4.79 Å². The molecule has 17 heavy (non-hydrogen) atoms. The van der Waals surface area contributed by atoms with E-state index in [-0.39, 0.29) is 0 Å². The maximum Gasteiger partial charge on any atom is 0.314 e. The summed E-state index contributed by atoms with van der Waals surface area (Å²) in [7, 11) is 1.63. The van der Waals surface area contributed by atoms with Gasteiger partial charge >= 0.3 is 6.03 Å². The summed E-state index contributed by atoms with van der Waals surface area (Å²) in [4.78, 5) is 12.7. The molecule has 0 bridgehead atoms. The van der Waals surface area contributed by atoms with E-state index >= 15 is 0 Å². The number of carbonyl (C=O) groups is 1. The number of hydrogen-bond acceptors (Lipinski definition) is 3. The molecular weight excluding hydrogens is 218 g/mol. The summed E-state index contributed by atoms with van der Waals surface area (Å²) in [5, 5.41) is 0. The number of nitrogens with zero attached hydrogens (tertiary/aromatic N) is 1. The summed E-state index contributed by atoms with van der Waals surface area (Å²) in [6.07, 6.45) is 0.701. The number of para-hydroxylation sites is 1. The lowest BCUT2D eigenvalue weighted by Gasteiger charge is -2.19. The second-order valence-electron chi connectivity index (χ2n) is 3.68. The van der Waals surface area contributed by atoms with Crippen molar-refractivity contribution in [3.05, 3.63) is 29.8 Å². The minimum atomic E-state index is -0.439. The Hall–Kier alpha value is -1.75. The molecule has 5 heteroatoms. The van der Waals surface area contributed by atoms with Crippen LogP contribution in [0.15, 0.2) is 24.3 Å². The Bertz CT molecular complexity index is 369. The van der Waals surface area contributed by atoms with Gasteiger partial charge < -0.3 is 21.1 Å². The maximum absolute atomic E-state index is 11.1. The van der Waals surface area contributed by atoms with Gasteiger partial charge in [-0.15, -0.1) is 0 Å². The Morgan fingerprint density at radius 3 is 2.65 bits per heavy atom. The van der Waals surface area contributed by atoms with Crippen LogP contribution in [0.2, 0.25) is 0 Å². The van der Waals surface area contributed by atoms with Crippen LogP contribution in [-0.4, -0.2) is 37.7 Å². The zero-order valence-electron chi connectivity index (χ0n) is 10.1. The number of amides is 2. The van der Waals surface area contributed by atoms with E-state index < -0.39 is 6.03 Å². The van der Waals surface area contributed by atoms with E-state index in [4.69, 9.17) is 16.2 Å². The second-order valence-corrected chi connectivity index (χ2v) is 3.68. The lowest BCUT2D eigenvalue weighted by molar-refractivity contribution is 0.209. The lowest BCUT2D eigenvalue weighted by Crippen LogP contribution is -2.40. The van der Waals surface area contributed by atoms with Crippen molar-refractivity contribution in [1.82, 2.24) is 4.90 Å². The van der Waals surface area contributed by atoms with E-state index in [1.54, 1.807) is 7.11 Å². The molecule has 0 spiro atoms. The van der Waals surface area contributed by atoms with E-state index in [0.717, 1.165) is 11.3 Å². The molecule has 5 nitrogen and oxygen atoms in total. The van der Waals surface area contributed by atoms with E-state index in [9.17, 15) is 4.79 Å². The minimum Gasteiger partial charge on any atom is -0.496 e. The highest BCUT2D eigenvalue weighted by molar-refractivity contribution is 5.72. The highest BCUT2D eigenvalue weighted by atomic mass is 16.5. The highest BCUT2D eigenvalue weighted by Gasteiger charge is 2.09. The van der Waals surface area contributed by atoms with Gasteiger partial charge in [0, 0.05) is 19.6 Å². The molecule has 4 N–H and O–H groups in total. The van der Waals surface area contributed by atoms with E-state index in [1.807, 2.05) is 24.3 Å². The first-order chi connectivity index (χ1) is 8.19. The minimum absolute atomic E-state index is 0.412. The first kappa shape index (κ1) is 13.3. The Balaban J connectivity index is 2.61. The van der Waals surface area contributed by atoms with Crippen molar-refractivity contribution in [1.29, 1.82) is 0 Å². The molecule has 0 aromatic heterocycles. The van der Waals surface area contributed by atoms with Crippen LogP contribution in [0.5, 0.6) is 5.75 Å². The molecule has 2 amide bonds. The van der Waals surface area contributed by atoms with Gasteiger partial charge in [0.05, 0.1) is 7.11 Å². The molecule has 0 saturated carbocycles. The summed E-state index contributed by atoms with van der Waals surface area (Å²) >= 11 is 0. The van der Waals surface area contributed by atoms with Crippen molar-refractivity contribution >= 4 is 6.03 Å². The first-order valence-corrected chi connectivity index (χ1v) is 5.55. The average Bonchev–Trinajstić information content (AvgIpc) is 2.34. The van der Waals surface area contributed by atoms with Gasteiger partial charge in [0.2, 0.25) is 0 Å². The predicted octanol–water partition coefficient (Wildman–Crippen LogP) is 0.577. The van der Waals surface area contributed by atoms with Gasteiger partial charge in [0.15, 0.2) is 0 Å². The zero-order chi connectivity index (χ0) is 12.7. The average molecular weight is 237 g/mol. The molecular formula is C12H19N3O2. The Kier molecular flexibility index (Phi) is 5.29. The second kappa shape index (κ2) is 6.75. The van der Waals surface area contributed by atoms with Crippen LogP contribution >= 0.6 is 0 Å². The van der Waals surface area contributed by atoms with Crippen LogP contribution in [-0.2, 0) is 6.42 Å². The Morgan fingerprint density at radius 1 is 1.35 bits per heavy atom. The highest BCUT2D eigenvalue weighted by Crippen LogP contribution is 2.17. The summed E-state index contributed by atoms with van der Waals surface area (Å²) in [5.41, 5.74) is 11.7. The zero-order valence-corrected chi connectivity index (χ0v) is 10.1. The Labute approximate surface area is 101 Å². The number of ether oxygens (including phenoxy) is 1. The summed E-state index contributed by atoms with van der Waals surface area (Å²) in [5.74, 6) is 0.824. The van der Waals surface area contributed by atoms with Gasteiger partial charge in [-0.05, 0) is 18.1 Å². The van der Waals surface area contributed by atoms with Gasteiger partial charge in [-0.2, -0.15) is 0 Å². The molecule has 0 aliphatic heterocycles. The third-order valence-corrected chi connectivity index (χ3v) is 2.55. The van der Waals surface area contributed by atoms with Crippen LogP contribution in [0.1, 0.15) is 5.56 Å². The van der Waals surface area contributed by atoms with Crippen molar-refractivity contribution in [3.63, 3.8) is 0 Å². The van der Waals surface area contributed by atoms with Crippen molar-refractivity contribution in [2.24, 2.45) is 11.5 Å². The standard InChI is InChI=1S/C12H19N3O2/c1-17-11-5-3-2-4-10(11)6-8-15(9-7-13)12(14)16/h2-5H,6-9,13H2,1H3,(H2,14,16). The fourth-order valence-corrected chi connectivity index (χ4v) is 1.65. The molecule has 0 aliphatic rings. The number of rotatable bonds is 6. The number of carbonyl (C=O) groups excluding carboxylic acids is 1. The van der Waals surface area contributed by atoms with Gasteiger partial charge in [-0.3, -0.25) is 0 Å². The number of nitrogens with two attached hydrogens (primary N) is 2. The topological polar surface area (TPSA) is 81.6 Å². The number of urea groups is 1. The van der Waals surface area contributed by atoms with Gasteiger partial charge in [-0.1, -0.05) is 18.2 Å². The largest absolute Gasteiger partial charge is 0.496 e. The van der Waals surface area contributed by atoms with Crippen LogP contribution < -0.4 is 16.2 Å². The predicted molar refractivity (Wildman–Crippen MR) is 66.9 cm³/mol. The summed E-state index contributed by atoms with van der Waals surface area (Å²) < 4.78 is 5.24. The maximum atomic E-state index is 11.1. The molecule has 0 saturated heterocycles. The van der Waals surface area contributed by atoms with Crippen LogP contribution in [0.25, 0.3) is 0 Å². The van der Waals surface area contributed by atoms with Crippen molar-refractivity contribution in [3.8, 4) is 5.75 Å². The third kappa shape index (κ3) is 3.96. The smallest absolute Gasteiger partial charge is 0.314 e. The molecule has 0 radical (unpaired) electrons. The SMILES string of the molecule is COc1ccccc1CCN(CCN)C(N)=O. The lowest BCUT2D eigenvalue weighted by atomic mass is 10.1. The molecule has 0 aliphatic carbocycles. The molecule has 1 rings (SSSR count). The third-order valence-electron chi connectivity index (χ3n) is 2.55. The molecule has 0 atom stereocenters. The monoisotopic (exact) mass is 237 g/mol. The van der Waals surface area contributed by atoms with E-state index in [2.05, 4.69) is 0 Å². The number of primary amides is 1. The van der Waals surface area contributed by atoms with Crippen molar-refractivity contribution in [2.75, 3.05) is 26.7 Å². The number of hydrogen-bond donors (Lipinski definition) is 2. The molecule has 0 heterocycles. The number of benzene rings is 1. The normalized spacial score (nSPS) is 10.0. The Morgan fingerprint density at radius 2 is 2.06 bits per heavy atom. The van der Waals surface area contributed by atoms with Gasteiger partial charge in [-0.25, -0.2) is 4.79 Å². The summed E-state index contributed by atoms with van der Waals surface area (Å²) in [6.45, 7) is 1.44. The van der Waals surface area contributed by atoms with Crippen molar-refractivity contribution in [2.45, 2.75) is 6.42 Å². The molecule has 0 fully saturated rings. The van der Waals surface area contributed by atoms with Gasteiger partial charge in [0.25, 0.3) is 0 Å². The first-order valence-electron chi connectivity index (χ1n) is 5.55. The van der Waals surface area contributed by atoms with Crippen molar-refractivity contribution < 1.29 is 9.53 Å². The number of methoxy groups -OCH3 is 1. The fraction of sp³-hybridized carbons (Fsp3) is 0.417. The molecule has 94 valence electrons. The molecule has 1 aromatic carbocycles.